The normalized spacial score (nSPS) is 10.7. The zero-order chi connectivity index (χ0) is 16.4. The predicted molar refractivity (Wildman–Crippen MR) is 95.1 cm³/mol. The minimum atomic E-state index is -0.333. The number of nitrogens with one attached hydrogen (secondary N) is 2. The summed E-state index contributed by atoms with van der Waals surface area (Å²) in [6.07, 6.45) is 0. The van der Waals surface area contributed by atoms with Crippen LogP contribution in [0.2, 0.25) is 0 Å². The number of benzene rings is 2. The molecule has 4 nitrogen and oxygen atoms in total. The van der Waals surface area contributed by atoms with E-state index in [2.05, 4.69) is 37.2 Å². The zero-order valence-electron chi connectivity index (χ0n) is 11.9. The third-order valence-electron chi connectivity index (χ3n) is 3.33. The van der Waals surface area contributed by atoms with Gasteiger partial charge in [0, 0.05) is 16.4 Å². The van der Waals surface area contributed by atoms with E-state index in [1.54, 1.807) is 6.07 Å². The SMILES string of the molecule is N=c1oc2c(Br)cc(Br)cc2cc1C(=O)NCc1ccccc1. The molecule has 0 aliphatic heterocycles. The van der Waals surface area contributed by atoms with E-state index in [-0.39, 0.29) is 17.0 Å². The van der Waals surface area contributed by atoms with Crippen LogP contribution in [-0.4, -0.2) is 5.91 Å². The molecule has 0 atom stereocenters. The fraction of sp³-hybridized carbons (Fsp3) is 0.0588. The van der Waals surface area contributed by atoms with Gasteiger partial charge in [-0.1, -0.05) is 46.3 Å². The monoisotopic (exact) mass is 434 g/mol. The van der Waals surface area contributed by atoms with Crippen molar-refractivity contribution in [2.75, 3.05) is 0 Å². The number of fused-ring (bicyclic) bond motifs is 1. The first-order valence-electron chi connectivity index (χ1n) is 6.84. The molecule has 0 bridgehead atoms. The molecule has 2 N–H and O–H groups in total. The van der Waals surface area contributed by atoms with E-state index in [1.807, 2.05) is 42.5 Å². The maximum absolute atomic E-state index is 12.3. The Morgan fingerprint density at radius 3 is 2.61 bits per heavy atom. The summed E-state index contributed by atoms with van der Waals surface area (Å²) in [5.74, 6) is -0.333. The van der Waals surface area contributed by atoms with Crippen LogP contribution in [0.15, 0.2) is 61.9 Å². The first-order chi connectivity index (χ1) is 11.0. The molecular weight excluding hydrogens is 424 g/mol. The molecule has 0 saturated carbocycles. The smallest absolute Gasteiger partial charge is 0.257 e. The van der Waals surface area contributed by atoms with Crippen molar-refractivity contribution in [3.05, 3.63) is 74.2 Å². The summed E-state index contributed by atoms with van der Waals surface area (Å²) in [6.45, 7) is 0.402. The van der Waals surface area contributed by atoms with Crippen molar-refractivity contribution in [3.8, 4) is 0 Å². The van der Waals surface area contributed by atoms with Gasteiger partial charge in [0.05, 0.1) is 4.47 Å². The van der Waals surface area contributed by atoms with Crippen molar-refractivity contribution >= 4 is 48.7 Å². The highest BCUT2D eigenvalue weighted by Gasteiger charge is 2.13. The van der Waals surface area contributed by atoms with Gasteiger partial charge in [-0.25, -0.2) is 0 Å². The van der Waals surface area contributed by atoms with Crippen LogP contribution in [0.25, 0.3) is 11.0 Å². The highest BCUT2D eigenvalue weighted by atomic mass is 79.9. The van der Waals surface area contributed by atoms with Gasteiger partial charge in [0.2, 0.25) is 5.55 Å². The summed E-state index contributed by atoms with van der Waals surface area (Å²) in [5.41, 5.74) is 1.58. The van der Waals surface area contributed by atoms with Gasteiger partial charge in [0.1, 0.15) is 5.56 Å². The van der Waals surface area contributed by atoms with Crippen molar-refractivity contribution in [1.29, 1.82) is 5.41 Å². The second kappa shape index (κ2) is 6.68. The third kappa shape index (κ3) is 3.54. The summed E-state index contributed by atoms with van der Waals surface area (Å²) in [6, 6.07) is 15.0. The molecule has 2 aromatic carbocycles. The molecule has 0 saturated heterocycles. The topological polar surface area (TPSA) is 66.1 Å². The molecule has 3 aromatic rings. The first kappa shape index (κ1) is 16.0. The number of halogens is 2. The van der Waals surface area contributed by atoms with Crippen LogP contribution in [0.4, 0.5) is 0 Å². The van der Waals surface area contributed by atoms with E-state index in [4.69, 9.17) is 9.83 Å². The lowest BCUT2D eigenvalue weighted by atomic mass is 10.1. The van der Waals surface area contributed by atoms with E-state index in [1.165, 1.54) is 0 Å². The van der Waals surface area contributed by atoms with Gasteiger partial charge >= 0.3 is 0 Å². The van der Waals surface area contributed by atoms with Crippen LogP contribution in [0.5, 0.6) is 0 Å². The van der Waals surface area contributed by atoms with Gasteiger partial charge in [-0.3, -0.25) is 10.2 Å². The summed E-state index contributed by atoms with van der Waals surface area (Å²) < 4.78 is 7.08. The van der Waals surface area contributed by atoms with E-state index >= 15 is 0 Å². The number of carbonyl (C=O) groups excluding carboxylic acids is 1. The number of hydrogen-bond acceptors (Lipinski definition) is 3. The molecule has 1 amide bonds. The molecule has 1 aromatic heterocycles. The molecule has 23 heavy (non-hydrogen) atoms. The van der Waals surface area contributed by atoms with Gasteiger partial charge in [0.25, 0.3) is 5.91 Å². The minimum Gasteiger partial charge on any atom is -0.437 e. The Bertz CT molecular complexity index is 936. The van der Waals surface area contributed by atoms with Crippen LogP contribution >= 0.6 is 31.9 Å². The Labute approximate surface area is 149 Å². The van der Waals surface area contributed by atoms with Gasteiger partial charge in [-0.05, 0) is 39.7 Å². The zero-order valence-corrected chi connectivity index (χ0v) is 15.1. The van der Waals surface area contributed by atoms with Crippen molar-refractivity contribution in [1.82, 2.24) is 5.32 Å². The summed E-state index contributed by atoms with van der Waals surface area (Å²) in [5, 5.41) is 11.5. The predicted octanol–water partition coefficient (Wildman–Crippen LogP) is 4.37. The Morgan fingerprint density at radius 1 is 1.13 bits per heavy atom. The van der Waals surface area contributed by atoms with Crippen LogP contribution < -0.4 is 10.9 Å². The summed E-state index contributed by atoms with van der Waals surface area (Å²) in [4.78, 5) is 12.3. The van der Waals surface area contributed by atoms with Gasteiger partial charge in [-0.2, -0.15) is 0 Å². The van der Waals surface area contributed by atoms with Crippen LogP contribution in [0, 0.1) is 5.41 Å². The van der Waals surface area contributed by atoms with E-state index in [0.29, 0.717) is 12.1 Å². The maximum atomic E-state index is 12.3. The molecular formula is C17H12Br2N2O2. The largest absolute Gasteiger partial charge is 0.437 e. The maximum Gasteiger partial charge on any atom is 0.257 e. The van der Waals surface area contributed by atoms with E-state index in [0.717, 1.165) is 19.9 Å². The molecule has 0 fully saturated rings. The molecule has 3 rings (SSSR count). The Kier molecular flexibility index (Phi) is 4.63. The van der Waals surface area contributed by atoms with Crippen molar-refractivity contribution in [2.45, 2.75) is 6.54 Å². The molecule has 0 aliphatic carbocycles. The molecule has 6 heteroatoms. The Balaban J connectivity index is 1.91. The lowest BCUT2D eigenvalue weighted by Crippen LogP contribution is -2.27. The fourth-order valence-electron chi connectivity index (χ4n) is 2.22. The van der Waals surface area contributed by atoms with Gasteiger partial charge in [-0.15, -0.1) is 0 Å². The Morgan fingerprint density at radius 2 is 1.87 bits per heavy atom. The first-order valence-corrected chi connectivity index (χ1v) is 8.43. The second-order valence-corrected chi connectivity index (χ2v) is 6.73. The van der Waals surface area contributed by atoms with Crippen LogP contribution in [0.3, 0.4) is 0 Å². The molecule has 0 unspecified atom stereocenters. The molecule has 1 heterocycles. The van der Waals surface area contributed by atoms with Crippen molar-refractivity contribution in [3.63, 3.8) is 0 Å². The van der Waals surface area contributed by atoms with Gasteiger partial charge < -0.3 is 9.73 Å². The minimum absolute atomic E-state index is 0.161. The molecule has 116 valence electrons. The standard InChI is InChI=1S/C17H12Br2N2O2/c18-12-6-11-7-13(16(20)23-15(11)14(19)8-12)17(22)21-9-10-4-2-1-3-5-10/h1-8,20H,9H2,(H,21,22). The lowest BCUT2D eigenvalue weighted by Gasteiger charge is -2.07. The van der Waals surface area contributed by atoms with Crippen molar-refractivity contribution < 1.29 is 9.21 Å². The third-order valence-corrected chi connectivity index (χ3v) is 4.37. The number of rotatable bonds is 3. The molecule has 0 spiro atoms. The molecule has 0 aliphatic rings. The Hall–Kier alpha value is -1.92. The van der Waals surface area contributed by atoms with Crippen LogP contribution in [0.1, 0.15) is 15.9 Å². The highest BCUT2D eigenvalue weighted by Crippen LogP contribution is 2.27. The van der Waals surface area contributed by atoms with Crippen LogP contribution in [-0.2, 0) is 6.54 Å². The second-order valence-electron chi connectivity index (χ2n) is 4.96. The van der Waals surface area contributed by atoms with Gasteiger partial charge in [0.15, 0.2) is 5.58 Å². The van der Waals surface area contributed by atoms with E-state index in [9.17, 15) is 4.79 Å². The average Bonchev–Trinajstić information content (AvgIpc) is 2.54. The fourth-order valence-corrected chi connectivity index (χ4v) is 3.55. The van der Waals surface area contributed by atoms with E-state index < -0.39 is 0 Å². The lowest BCUT2D eigenvalue weighted by molar-refractivity contribution is 0.0946. The number of carbonyl (C=O) groups is 1. The summed E-state index contributed by atoms with van der Waals surface area (Å²) >= 11 is 6.80. The molecule has 0 radical (unpaired) electrons. The quantitative estimate of drug-likeness (QED) is 0.641. The highest BCUT2D eigenvalue weighted by molar-refractivity contribution is 9.11. The van der Waals surface area contributed by atoms with Crippen molar-refractivity contribution in [2.24, 2.45) is 0 Å². The summed E-state index contributed by atoms with van der Waals surface area (Å²) in [7, 11) is 0. The number of amides is 1. The number of hydrogen-bond donors (Lipinski definition) is 2. The average molecular weight is 436 g/mol.